The van der Waals surface area contributed by atoms with Crippen LogP contribution < -0.4 is 0 Å². The van der Waals surface area contributed by atoms with Crippen molar-refractivity contribution in [2.75, 3.05) is 13.7 Å². The molecule has 2 heterocycles. The van der Waals surface area contributed by atoms with Crippen LogP contribution in [0.4, 0.5) is 4.79 Å². The predicted molar refractivity (Wildman–Crippen MR) is 81.5 cm³/mol. The standard InChI is InChI=1S/C17H20N2O2/c1-11-6-7-14-13(10-11)12-4-3-5-15-16(12)18(14)8-9-19(15)17(20)21-2/h6-7,10,15H,3-5,8-9H2,1-2H3/t15-/m0/s1. The van der Waals surface area contributed by atoms with Crippen molar-refractivity contribution in [1.29, 1.82) is 0 Å². The molecule has 4 heteroatoms. The number of methoxy groups -OCH3 is 1. The van der Waals surface area contributed by atoms with E-state index in [-0.39, 0.29) is 12.1 Å². The minimum absolute atomic E-state index is 0.183. The number of carbonyl (C=O) groups is 1. The average molecular weight is 284 g/mol. The van der Waals surface area contributed by atoms with Gasteiger partial charge in [-0.25, -0.2) is 4.79 Å². The van der Waals surface area contributed by atoms with Crippen LogP contribution in [0, 0.1) is 6.92 Å². The van der Waals surface area contributed by atoms with Gasteiger partial charge < -0.3 is 9.30 Å². The van der Waals surface area contributed by atoms with Gasteiger partial charge in [-0.15, -0.1) is 0 Å². The number of amides is 1. The number of aryl methyl sites for hydroxylation is 2. The zero-order chi connectivity index (χ0) is 14.6. The van der Waals surface area contributed by atoms with Gasteiger partial charge in [-0.2, -0.15) is 0 Å². The maximum atomic E-state index is 12.0. The van der Waals surface area contributed by atoms with Crippen LogP contribution in [-0.4, -0.2) is 29.2 Å². The molecule has 2 aromatic rings. The number of hydrogen-bond acceptors (Lipinski definition) is 2. The first-order valence-electron chi connectivity index (χ1n) is 7.67. The van der Waals surface area contributed by atoms with E-state index in [1.807, 2.05) is 4.90 Å². The fourth-order valence-electron chi connectivity index (χ4n) is 4.05. The molecule has 4 nitrogen and oxygen atoms in total. The Labute approximate surface area is 124 Å². The normalized spacial score (nSPS) is 20.5. The number of ether oxygens (including phenoxy) is 1. The van der Waals surface area contributed by atoms with Crippen LogP contribution in [0.1, 0.15) is 35.7 Å². The van der Waals surface area contributed by atoms with E-state index in [1.165, 1.54) is 34.8 Å². The molecule has 4 rings (SSSR count). The lowest BCUT2D eigenvalue weighted by Gasteiger charge is -2.38. The number of carbonyl (C=O) groups excluding carboxylic acids is 1. The molecule has 0 saturated carbocycles. The SMILES string of the molecule is COC(=O)N1CCn2c3c(c4cc(C)ccc42)CCC[C@@H]31. The lowest BCUT2D eigenvalue weighted by Crippen LogP contribution is -2.43. The molecule has 0 saturated heterocycles. The Kier molecular flexibility index (Phi) is 2.74. The summed E-state index contributed by atoms with van der Waals surface area (Å²) in [6.45, 7) is 3.74. The van der Waals surface area contributed by atoms with E-state index in [0.717, 1.165) is 32.4 Å². The van der Waals surface area contributed by atoms with Crippen molar-refractivity contribution in [3.8, 4) is 0 Å². The van der Waals surface area contributed by atoms with Gasteiger partial charge >= 0.3 is 6.09 Å². The van der Waals surface area contributed by atoms with E-state index in [2.05, 4.69) is 29.7 Å². The van der Waals surface area contributed by atoms with Gasteiger partial charge in [-0.05, 0) is 43.9 Å². The molecule has 1 atom stereocenters. The van der Waals surface area contributed by atoms with Crippen molar-refractivity contribution in [2.24, 2.45) is 0 Å². The van der Waals surface area contributed by atoms with Gasteiger partial charge in [-0.3, -0.25) is 4.90 Å². The molecule has 1 aromatic carbocycles. The Hall–Kier alpha value is -1.97. The second-order valence-corrected chi connectivity index (χ2v) is 6.11. The van der Waals surface area contributed by atoms with E-state index in [4.69, 9.17) is 4.74 Å². The van der Waals surface area contributed by atoms with Crippen molar-refractivity contribution in [3.63, 3.8) is 0 Å². The predicted octanol–water partition coefficient (Wildman–Crippen LogP) is 3.41. The van der Waals surface area contributed by atoms with E-state index in [1.54, 1.807) is 0 Å². The second kappa shape index (κ2) is 4.52. The lowest BCUT2D eigenvalue weighted by atomic mass is 9.89. The Morgan fingerprint density at radius 3 is 3.00 bits per heavy atom. The van der Waals surface area contributed by atoms with Gasteiger partial charge in [0.1, 0.15) is 0 Å². The zero-order valence-corrected chi connectivity index (χ0v) is 12.6. The van der Waals surface area contributed by atoms with Crippen LogP contribution in [0.5, 0.6) is 0 Å². The topological polar surface area (TPSA) is 34.5 Å². The highest BCUT2D eigenvalue weighted by Gasteiger charge is 2.37. The summed E-state index contributed by atoms with van der Waals surface area (Å²) in [5.74, 6) is 0. The molecule has 0 radical (unpaired) electrons. The highest BCUT2D eigenvalue weighted by Crippen LogP contribution is 2.42. The quantitative estimate of drug-likeness (QED) is 0.743. The number of fused-ring (bicyclic) bond motifs is 3. The number of aromatic nitrogens is 1. The summed E-state index contributed by atoms with van der Waals surface area (Å²) in [7, 11) is 1.47. The molecule has 0 bridgehead atoms. The van der Waals surface area contributed by atoms with Crippen LogP contribution >= 0.6 is 0 Å². The summed E-state index contributed by atoms with van der Waals surface area (Å²) in [5.41, 5.74) is 5.41. The van der Waals surface area contributed by atoms with Gasteiger partial charge in [0, 0.05) is 29.7 Å². The van der Waals surface area contributed by atoms with E-state index in [0.29, 0.717) is 0 Å². The molecular weight excluding hydrogens is 264 g/mol. The number of benzene rings is 1. The van der Waals surface area contributed by atoms with Crippen LogP contribution in [0.2, 0.25) is 0 Å². The minimum atomic E-state index is -0.194. The van der Waals surface area contributed by atoms with Gasteiger partial charge in [0.25, 0.3) is 0 Å². The summed E-state index contributed by atoms with van der Waals surface area (Å²) in [6, 6.07) is 6.89. The molecule has 0 N–H and O–H groups in total. The van der Waals surface area contributed by atoms with Gasteiger partial charge in [0.15, 0.2) is 0 Å². The largest absolute Gasteiger partial charge is 0.453 e. The van der Waals surface area contributed by atoms with Crippen LogP contribution in [0.25, 0.3) is 10.9 Å². The van der Waals surface area contributed by atoms with Crippen LogP contribution in [0.3, 0.4) is 0 Å². The summed E-state index contributed by atoms with van der Waals surface area (Å²) in [5, 5.41) is 1.38. The van der Waals surface area contributed by atoms with Gasteiger partial charge in [0.2, 0.25) is 0 Å². The number of nitrogens with zero attached hydrogens (tertiary/aromatic N) is 2. The summed E-state index contributed by atoms with van der Waals surface area (Å²) < 4.78 is 7.40. The molecule has 1 amide bonds. The van der Waals surface area contributed by atoms with Crippen molar-refractivity contribution < 1.29 is 9.53 Å². The summed E-state index contributed by atoms with van der Waals surface area (Å²) >= 11 is 0. The Bertz CT molecular complexity index is 732. The third-order valence-electron chi connectivity index (χ3n) is 4.94. The molecule has 0 fully saturated rings. The molecule has 1 aliphatic carbocycles. The summed E-state index contributed by atoms with van der Waals surface area (Å²) in [4.78, 5) is 14.0. The van der Waals surface area contributed by atoms with E-state index < -0.39 is 0 Å². The minimum Gasteiger partial charge on any atom is -0.453 e. The Balaban J connectivity index is 1.94. The van der Waals surface area contributed by atoms with Crippen molar-refractivity contribution in [2.45, 2.75) is 38.8 Å². The third-order valence-corrected chi connectivity index (χ3v) is 4.94. The molecule has 0 spiro atoms. The van der Waals surface area contributed by atoms with Crippen molar-refractivity contribution >= 4 is 17.0 Å². The molecular formula is C17H20N2O2. The summed E-state index contributed by atoms with van der Waals surface area (Å²) in [6.07, 6.45) is 3.10. The smallest absolute Gasteiger partial charge is 0.410 e. The maximum absolute atomic E-state index is 12.0. The fraction of sp³-hybridized carbons (Fsp3) is 0.471. The molecule has 21 heavy (non-hydrogen) atoms. The van der Waals surface area contributed by atoms with E-state index in [9.17, 15) is 4.79 Å². The first-order valence-corrected chi connectivity index (χ1v) is 7.67. The number of hydrogen-bond donors (Lipinski definition) is 0. The third kappa shape index (κ3) is 1.71. The van der Waals surface area contributed by atoms with Crippen molar-refractivity contribution in [3.05, 3.63) is 35.0 Å². The Morgan fingerprint density at radius 1 is 1.33 bits per heavy atom. The fourth-order valence-corrected chi connectivity index (χ4v) is 4.05. The second-order valence-electron chi connectivity index (χ2n) is 6.11. The van der Waals surface area contributed by atoms with Crippen molar-refractivity contribution in [1.82, 2.24) is 9.47 Å². The highest BCUT2D eigenvalue weighted by atomic mass is 16.5. The first kappa shape index (κ1) is 12.7. The van der Waals surface area contributed by atoms with E-state index >= 15 is 0 Å². The monoisotopic (exact) mass is 284 g/mol. The van der Waals surface area contributed by atoms with Crippen LogP contribution in [0.15, 0.2) is 18.2 Å². The molecule has 2 aliphatic rings. The average Bonchev–Trinajstić information content (AvgIpc) is 2.83. The highest BCUT2D eigenvalue weighted by molar-refractivity contribution is 5.87. The molecule has 1 aliphatic heterocycles. The van der Waals surface area contributed by atoms with Crippen LogP contribution in [-0.2, 0) is 17.7 Å². The zero-order valence-electron chi connectivity index (χ0n) is 12.6. The number of rotatable bonds is 0. The molecule has 0 unspecified atom stereocenters. The molecule has 110 valence electrons. The van der Waals surface area contributed by atoms with Gasteiger partial charge in [-0.1, -0.05) is 11.6 Å². The lowest BCUT2D eigenvalue weighted by molar-refractivity contribution is 0.0870. The maximum Gasteiger partial charge on any atom is 0.410 e. The molecule has 1 aromatic heterocycles. The first-order chi connectivity index (χ1) is 10.2. The van der Waals surface area contributed by atoms with Gasteiger partial charge in [0.05, 0.1) is 13.2 Å². The Morgan fingerprint density at radius 2 is 2.19 bits per heavy atom.